The summed E-state index contributed by atoms with van der Waals surface area (Å²) in [7, 11) is 0. The fourth-order valence-electron chi connectivity index (χ4n) is 3.27. The highest BCUT2D eigenvalue weighted by Crippen LogP contribution is 2.34. The number of aliphatic hydroxyl groups is 1. The van der Waals surface area contributed by atoms with E-state index in [4.69, 9.17) is 23.7 Å². The summed E-state index contributed by atoms with van der Waals surface area (Å²) in [5, 5.41) is 13.6. The number of hydrogen-bond donors (Lipinski definition) is 2. The molecule has 1 amide bonds. The van der Waals surface area contributed by atoms with Gasteiger partial charge in [-0.05, 0) is 0 Å². The Kier molecular flexibility index (Phi) is 5.21. The lowest BCUT2D eigenvalue weighted by atomic mass is 9.95. The summed E-state index contributed by atoms with van der Waals surface area (Å²) in [5.41, 5.74) is 0.860. The van der Waals surface area contributed by atoms with Crippen molar-refractivity contribution in [2.45, 2.75) is 50.0 Å². The Balaban J connectivity index is 1.47. The molecule has 1 aromatic rings. The van der Waals surface area contributed by atoms with Gasteiger partial charge in [-0.25, -0.2) is 0 Å². The number of rotatable bonds is 5. The summed E-state index contributed by atoms with van der Waals surface area (Å²) < 4.78 is 28.5. The van der Waals surface area contributed by atoms with Crippen LogP contribution in [0.2, 0.25) is 0 Å². The van der Waals surface area contributed by atoms with Crippen LogP contribution in [-0.4, -0.2) is 67.6 Å². The number of hydrogen-bond acceptors (Lipinski definition) is 7. The van der Waals surface area contributed by atoms with E-state index in [9.17, 15) is 9.90 Å². The van der Waals surface area contributed by atoms with Crippen LogP contribution in [0.1, 0.15) is 18.8 Å². The largest absolute Gasteiger partial charge is 0.388 e. The fourth-order valence-corrected chi connectivity index (χ4v) is 3.27. The summed E-state index contributed by atoms with van der Waals surface area (Å²) in [6.45, 7) is 2.64. The Hall–Kier alpha value is -1.55. The molecule has 1 aromatic carbocycles. The summed E-state index contributed by atoms with van der Waals surface area (Å²) >= 11 is 0. The number of carbonyl (C=O) groups is 1. The maximum absolute atomic E-state index is 11.6. The van der Waals surface area contributed by atoms with Crippen molar-refractivity contribution in [2.75, 3.05) is 19.8 Å². The molecule has 0 saturated carbocycles. The van der Waals surface area contributed by atoms with Crippen LogP contribution in [0.3, 0.4) is 0 Å². The van der Waals surface area contributed by atoms with Gasteiger partial charge in [0.15, 0.2) is 12.6 Å². The first-order valence-electron chi connectivity index (χ1n) is 8.77. The lowest BCUT2D eigenvalue weighted by Crippen LogP contribution is -2.66. The molecule has 3 aliphatic heterocycles. The second-order valence-electron chi connectivity index (χ2n) is 6.73. The number of aliphatic hydroxyl groups excluding tert-OH is 1. The van der Waals surface area contributed by atoms with Crippen molar-refractivity contribution >= 4 is 5.91 Å². The summed E-state index contributed by atoms with van der Waals surface area (Å²) in [6.07, 6.45) is -3.44. The van der Waals surface area contributed by atoms with E-state index in [0.29, 0.717) is 13.2 Å². The molecule has 1 unspecified atom stereocenters. The summed E-state index contributed by atoms with van der Waals surface area (Å²) in [6, 6.07) is 8.76. The zero-order valence-corrected chi connectivity index (χ0v) is 14.4. The zero-order valence-electron chi connectivity index (χ0n) is 14.4. The van der Waals surface area contributed by atoms with Gasteiger partial charge < -0.3 is 34.1 Å². The predicted octanol–water partition coefficient (Wildman–Crippen LogP) is 0.107. The molecule has 3 aliphatic rings. The smallest absolute Gasteiger partial charge is 0.217 e. The molecule has 0 spiro atoms. The van der Waals surface area contributed by atoms with Gasteiger partial charge in [0.1, 0.15) is 30.5 Å². The van der Waals surface area contributed by atoms with E-state index in [1.807, 2.05) is 30.3 Å². The molecule has 0 radical (unpaired) electrons. The van der Waals surface area contributed by atoms with E-state index < -0.39 is 36.9 Å². The van der Waals surface area contributed by atoms with Crippen LogP contribution in [0, 0.1) is 0 Å². The third-order valence-electron chi connectivity index (χ3n) is 4.66. The number of fused-ring (bicyclic) bond motifs is 1. The molecule has 0 aliphatic carbocycles. The van der Waals surface area contributed by atoms with Crippen LogP contribution in [0.5, 0.6) is 0 Å². The van der Waals surface area contributed by atoms with Crippen molar-refractivity contribution in [3.63, 3.8) is 0 Å². The quantitative estimate of drug-likeness (QED) is 0.715. The van der Waals surface area contributed by atoms with Gasteiger partial charge >= 0.3 is 0 Å². The number of ether oxygens (including phenoxy) is 5. The van der Waals surface area contributed by atoms with E-state index in [1.165, 1.54) is 6.92 Å². The van der Waals surface area contributed by atoms with Gasteiger partial charge in [0, 0.05) is 12.5 Å². The van der Waals surface area contributed by atoms with Crippen LogP contribution in [-0.2, 0) is 28.5 Å². The first-order valence-corrected chi connectivity index (χ1v) is 8.77. The molecule has 3 fully saturated rings. The van der Waals surface area contributed by atoms with E-state index >= 15 is 0 Å². The molecule has 3 saturated heterocycles. The Labute approximate surface area is 151 Å². The van der Waals surface area contributed by atoms with Gasteiger partial charge in [0.05, 0.1) is 19.8 Å². The number of amides is 1. The van der Waals surface area contributed by atoms with Crippen LogP contribution in [0.25, 0.3) is 0 Å². The molecule has 0 aromatic heterocycles. The van der Waals surface area contributed by atoms with Crippen molar-refractivity contribution in [3.05, 3.63) is 35.9 Å². The fraction of sp³-hybridized carbons (Fsp3) is 0.611. The lowest BCUT2D eigenvalue weighted by Gasteiger charge is -2.47. The van der Waals surface area contributed by atoms with Crippen LogP contribution in [0.15, 0.2) is 30.3 Å². The zero-order chi connectivity index (χ0) is 18.1. The molecule has 4 rings (SSSR count). The molecule has 142 valence electrons. The van der Waals surface area contributed by atoms with Gasteiger partial charge in [-0.1, -0.05) is 30.3 Å². The van der Waals surface area contributed by atoms with Crippen LogP contribution < -0.4 is 5.32 Å². The van der Waals surface area contributed by atoms with Crippen molar-refractivity contribution in [2.24, 2.45) is 0 Å². The summed E-state index contributed by atoms with van der Waals surface area (Å²) in [4.78, 5) is 11.6. The van der Waals surface area contributed by atoms with Crippen LogP contribution in [0.4, 0.5) is 0 Å². The van der Waals surface area contributed by atoms with Gasteiger partial charge in [0.2, 0.25) is 5.91 Å². The van der Waals surface area contributed by atoms with E-state index in [2.05, 4.69) is 5.32 Å². The summed E-state index contributed by atoms with van der Waals surface area (Å²) in [5.74, 6) is -0.279. The van der Waals surface area contributed by atoms with E-state index in [0.717, 1.165) is 5.56 Å². The topological polar surface area (TPSA) is 98.8 Å². The Morgan fingerprint density at radius 1 is 1.23 bits per heavy atom. The molecule has 26 heavy (non-hydrogen) atoms. The van der Waals surface area contributed by atoms with Gasteiger partial charge in [-0.15, -0.1) is 0 Å². The number of benzene rings is 1. The monoisotopic (exact) mass is 365 g/mol. The highest BCUT2D eigenvalue weighted by molar-refractivity contribution is 5.73. The maximum Gasteiger partial charge on any atom is 0.217 e. The minimum Gasteiger partial charge on any atom is -0.388 e. The van der Waals surface area contributed by atoms with E-state index in [1.54, 1.807) is 0 Å². The van der Waals surface area contributed by atoms with Gasteiger partial charge in [-0.2, -0.15) is 0 Å². The highest BCUT2D eigenvalue weighted by Gasteiger charge is 2.50. The van der Waals surface area contributed by atoms with E-state index in [-0.39, 0.29) is 18.6 Å². The van der Waals surface area contributed by atoms with Crippen molar-refractivity contribution in [1.29, 1.82) is 0 Å². The number of nitrogens with one attached hydrogen (secondary N) is 1. The standard InChI is InChI=1S/C18H23NO7/c1-10(20)19-14-15(21)16-13(25-18(14)23-8-12-7-22-12)9-24-17(26-16)11-5-3-2-4-6-11/h2-6,12-18,21H,7-9H2,1H3,(H,19,20)/t12-,13-,14-,15-,16-,17?,18-/m1/s1. The third kappa shape index (κ3) is 3.90. The lowest BCUT2D eigenvalue weighted by molar-refractivity contribution is -0.344. The molecule has 7 atom stereocenters. The van der Waals surface area contributed by atoms with Crippen molar-refractivity contribution < 1.29 is 33.6 Å². The molecule has 8 nitrogen and oxygen atoms in total. The maximum atomic E-state index is 11.6. The normalized spacial score (nSPS) is 39.1. The molecular weight excluding hydrogens is 342 g/mol. The number of epoxide rings is 1. The molecule has 0 bridgehead atoms. The molecular formula is C18H23NO7. The van der Waals surface area contributed by atoms with Gasteiger partial charge in [-0.3, -0.25) is 4.79 Å². The van der Waals surface area contributed by atoms with Crippen molar-refractivity contribution in [3.8, 4) is 0 Å². The molecule has 3 heterocycles. The first-order chi connectivity index (χ1) is 12.6. The Bertz CT molecular complexity index is 623. The second kappa shape index (κ2) is 7.59. The Morgan fingerprint density at radius 3 is 2.69 bits per heavy atom. The average molecular weight is 365 g/mol. The van der Waals surface area contributed by atoms with Crippen LogP contribution >= 0.6 is 0 Å². The SMILES string of the molecule is CC(=O)N[C@H]1[C@H](OC[C@H]2CO2)O[C@@H]2COC(c3ccccc3)O[C@H]2[C@@H]1O. The third-order valence-corrected chi connectivity index (χ3v) is 4.66. The van der Waals surface area contributed by atoms with Gasteiger partial charge in [0.25, 0.3) is 0 Å². The minimum atomic E-state index is -0.988. The average Bonchev–Trinajstić information content (AvgIpc) is 3.47. The number of carbonyl (C=O) groups excluding carboxylic acids is 1. The highest BCUT2D eigenvalue weighted by atomic mass is 16.7. The first kappa shape index (κ1) is 17.8. The second-order valence-corrected chi connectivity index (χ2v) is 6.73. The van der Waals surface area contributed by atoms with Crippen molar-refractivity contribution in [1.82, 2.24) is 5.32 Å². The Morgan fingerprint density at radius 2 is 2.00 bits per heavy atom. The molecule has 2 N–H and O–H groups in total. The minimum absolute atomic E-state index is 0.0489. The predicted molar refractivity (Wildman–Crippen MR) is 88.0 cm³/mol. The molecule has 8 heteroatoms.